The fourth-order valence-corrected chi connectivity index (χ4v) is 1.49. The minimum Gasteiger partial charge on any atom is -0.444 e. The zero-order valence-electron chi connectivity index (χ0n) is 12.5. The van der Waals surface area contributed by atoms with Gasteiger partial charge in [0.2, 0.25) is 0 Å². The highest BCUT2D eigenvalue weighted by molar-refractivity contribution is 5.68. The van der Waals surface area contributed by atoms with Crippen molar-refractivity contribution in [3.05, 3.63) is 39.7 Å². The number of nitrogens with zero attached hydrogens (tertiary/aromatic N) is 2. The molecular formula is C14H19N3O4. The van der Waals surface area contributed by atoms with E-state index >= 15 is 0 Å². The van der Waals surface area contributed by atoms with E-state index in [4.69, 9.17) is 4.74 Å². The molecule has 0 aliphatic rings. The van der Waals surface area contributed by atoms with Crippen LogP contribution in [0.1, 0.15) is 32.0 Å². The molecule has 0 radical (unpaired) electrons. The van der Waals surface area contributed by atoms with Crippen molar-refractivity contribution in [3.63, 3.8) is 0 Å². The third-order valence-electron chi connectivity index (χ3n) is 2.35. The van der Waals surface area contributed by atoms with Crippen LogP contribution in [0.3, 0.4) is 0 Å². The van der Waals surface area contributed by atoms with E-state index in [0.29, 0.717) is 11.3 Å². The van der Waals surface area contributed by atoms with Crippen LogP contribution in [-0.4, -0.2) is 28.1 Å². The van der Waals surface area contributed by atoms with Crippen molar-refractivity contribution in [1.82, 2.24) is 10.3 Å². The molecule has 0 aliphatic carbocycles. The Balaban J connectivity index is 2.53. The number of nitro groups is 1. The van der Waals surface area contributed by atoms with Gasteiger partial charge in [-0.15, -0.1) is 0 Å². The van der Waals surface area contributed by atoms with Gasteiger partial charge in [0.15, 0.2) is 0 Å². The van der Waals surface area contributed by atoms with Gasteiger partial charge in [0.1, 0.15) is 11.8 Å². The van der Waals surface area contributed by atoms with Crippen molar-refractivity contribution in [2.45, 2.75) is 33.3 Å². The number of hydrogen-bond donors (Lipinski definition) is 1. The summed E-state index contributed by atoms with van der Waals surface area (Å²) in [5, 5.41) is 13.2. The number of aryl methyl sites for hydroxylation is 1. The van der Waals surface area contributed by atoms with Gasteiger partial charge in [-0.25, -0.2) is 9.78 Å². The molecule has 1 amide bonds. The molecule has 1 aromatic heterocycles. The van der Waals surface area contributed by atoms with Crippen LogP contribution >= 0.6 is 0 Å². The largest absolute Gasteiger partial charge is 0.444 e. The summed E-state index contributed by atoms with van der Waals surface area (Å²) in [6, 6.07) is 1.61. The van der Waals surface area contributed by atoms with Gasteiger partial charge in [-0.2, -0.15) is 0 Å². The number of aromatic nitrogens is 1. The Bertz CT molecular complexity index is 562. The third kappa shape index (κ3) is 6.03. The van der Waals surface area contributed by atoms with Crippen molar-refractivity contribution < 1.29 is 14.5 Å². The molecule has 0 aromatic carbocycles. The van der Waals surface area contributed by atoms with Gasteiger partial charge in [-0.1, -0.05) is 6.08 Å². The number of amides is 1. The maximum atomic E-state index is 11.4. The van der Waals surface area contributed by atoms with Gasteiger partial charge in [0, 0.05) is 12.1 Å². The second-order valence-electron chi connectivity index (χ2n) is 5.44. The average molecular weight is 293 g/mol. The smallest absolute Gasteiger partial charge is 0.407 e. The molecule has 0 saturated heterocycles. The number of ether oxygens (including phenoxy) is 1. The quantitative estimate of drug-likeness (QED) is 0.680. The van der Waals surface area contributed by atoms with Crippen molar-refractivity contribution in [2.75, 3.05) is 6.54 Å². The Morgan fingerprint density at radius 1 is 1.52 bits per heavy atom. The summed E-state index contributed by atoms with van der Waals surface area (Å²) in [7, 11) is 0. The maximum Gasteiger partial charge on any atom is 0.407 e. The van der Waals surface area contributed by atoms with Crippen molar-refractivity contribution in [3.8, 4) is 0 Å². The molecule has 1 heterocycles. The lowest BCUT2D eigenvalue weighted by atomic mass is 10.2. The molecule has 0 spiro atoms. The van der Waals surface area contributed by atoms with E-state index in [1.54, 1.807) is 45.9 Å². The fourth-order valence-electron chi connectivity index (χ4n) is 1.49. The van der Waals surface area contributed by atoms with Gasteiger partial charge in [-0.3, -0.25) is 10.1 Å². The Kier molecular flexibility index (Phi) is 5.40. The Hall–Kier alpha value is -2.44. The first-order valence-corrected chi connectivity index (χ1v) is 6.43. The molecule has 1 rings (SSSR count). The Morgan fingerprint density at radius 2 is 2.19 bits per heavy atom. The Morgan fingerprint density at radius 3 is 2.71 bits per heavy atom. The molecule has 0 aliphatic heterocycles. The van der Waals surface area contributed by atoms with Crippen LogP contribution in [0.5, 0.6) is 0 Å². The summed E-state index contributed by atoms with van der Waals surface area (Å²) in [4.78, 5) is 25.5. The van der Waals surface area contributed by atoms with E-state index in [1.807, 2.05) is 0 Å². The average Bonchev–Trinajstić information content (AvgIpc) is 2.32. The SMILES string of the molecule is Cc1cc(C=CCNC(=O)OC(C)(C)C)ncc1[N+](=O)[O-]. The molecule has 0 fully saturated rings. The molecule has 114 valence electrons. The van der Waals surface area contributed by atoms with Gasteiger partial charge in [0.05, 0.1) is 10.6 Å². The van der Waals surface area contributed by atoms with Gasteiger partial charge in [-0.05, 0) is 39.8 Å². The summed E-state index contributed by atoms with van der Waals surface area (Å²) in [5.74, 6) is 0. The lowest BCUT2D eigenvalue weighted by Crippen LogP contribution is -2.32. The predicted molar refractivity (Wildman–Crippen MR) is 78.9 cm³/mol. The molecule has 7 nitrogen and oxygen atoms in total. The monoisotopic (exact) mass is 293 g/mol. The third-order valence-corrected chi connectivity index (χ3v) is 2.35. The van der Waals surface area contributed by atoms with Gasteiger partial charge >= 0.3 is 6.09 Å². The normalized spacial score (nSPS) is 11.4. The highest BCUT2D eigenvalue weighted by atomic mass is 16.6. The topological polar surface area (TPSA) is 94.4 Å². The maximum absolute atomic E-state index is 11.4. The lowest BCUT2D eigenvalue weighted by Gasteiger charge is -2.19. The Labute approximate surface area is 123 Å². The van der Waals surface area contributed by atoms with E-state index in [9.17, 15) is 14.9 Å². The molecule has 1 N–H and O–H groups in total. The second-order valence-corrected chi connectivity index (χ2v) is 5.44. The fraction of sp³-hybridized carbons (Fsp3) is 0.429. The first-order chi connectivity index (χ1) is 9.69. The van der Waals surface area contributed by atoms with Crippen LogP contribution < -0.4 is 5.32 Å². The number of alkyl carbamates (subject to hydrolysis) is 1. The predicted octanol–water partition coefficient (Wildman–Crippen LogP) is 2.84. The summed E-state index contributed by atoms with van der Waals surface area (Å²) >= 11 is 0. The molecule has 0 saturated carbocycles. The molecule has 0 unspecified atom stereocenters. The van der Waals surface area contributed by atoms with E-state index in [-0.39, 0.29) is 12.2 Å². The summed E-state index contributed by atoms with van der Waals surface area (Å²) in [6.45, 7) is 7.28. The number of pyridine rings is 1. The highest BCUT2D eigenvalue weighted by Gasteiger charge is 2.15. The van der Waals surface area contributed by atoms with Crippen LogP contribution in [0.25, 0.3) is 6.08 Å². The van der Waals surface area contributed by atoms with Crippen molar-refractivity contribution in [1.29, 1.82) is 0 Å². The van der Waals surface area contributed by atoms with E-state index in [2.05, 4.69) is 10.3 Å². The highest BCUT2D eigenvalue weighted by Crippen LogP contribution is 2.16. The summed E-state index contributed by atoms with van der Waals surface area (Å²) in [6.07, 6.45) is 4.09. The van der Waals surface area contributed by atoms with E-state index in [0.717, 1.165) is 0 Å². The summed E-state index contributed by atoms with van der Waals surface area (Å²) < 4.78 is 5.08. The number of hydrogen-bond acceptors (Lipinski definition) is 5. The molecule has 7 heteroatoms. The second kappa shape index (κ2) is 6.83. The number of nitrogens with one attached hydrogen (secondary N) is 1. The summed E-state index contributed by atoms with van der Waals surface area (Å²) in [5.41, 5.74) is 0.572. The van der Waals surface area contributed by atoms with Crippen LogP contribution in [-0.2, 0) is 4.74 Å². The first kappa shape index (κ1) is 16.6. The van der Waals surface area contributed by atoms with Crippen LogP contribution in [0, 0.1) is 17.0 Å². The lowest BCUT2D eigenvalue weighted by molar-refractivity contribution is -0.385. The number of carbonyl (C=O) groups is 1. The molecule has 0 bridgehead atoms. The van der Waals surface area contributed by atoms with Crippen LogP contribution in [0.4, 0.5) is 10.5 Å². The molecule has 1 aromatic rings. The van der Waals surface area contributed by atoms with E-state index in [1.165, 1.54) is 6.20 Å². The van der Waals surface area contributed by atoms with Crippen LogP contribution in [0.15, 0.2) is 18.3 Å². The first-order valence-electron chi connectivity index (χ1n) is 6.43. The molecular weight excluding hydrogens is 274 g/mol. The van der Waals surface area contributed by atoms with Gasteiger partial charge < -0.3 is 10.1 Å². The molecule has 0 atom stereocenters. The molecule has 21 heavy (non-hydrogen) atoms. The van der Waals surface area contributed by atoms with Gasteiger partial charge in [0.25, 0.3) is 5.69 Å². The standard InChI is InChI=1S/C14H19N3O4/c1-10-8-11(16-9-12(10)17(19)20)6-5-7-15-13(18)21-14(2,3)4/h5-6,8-9H,7H2,1-4H3,(H,15,18). The van der Waals surface area contributed by atoms with Crippen molar-refractivity contribution in [2.24, 2.45) is 0 Å². The zero-order valence-corrected chi connectivity index (χ0v) is 12.5. The number of carbonyl (C=O) groups excluding carboxylic acids is 1. The van der Waals surface area contributed by atoms with E-state index < -0.39 is 16.6 Å². The van der Waals surface area contributed by atoms with Crippen LogP contribution in [0.2, 0.25) is 0 Å². The zero-order chi connectivity index (χ0) is 16.0. The minimum atomic E-state index is -0.537. The van der Waals surface area contributed by atoms with Crippen molar-refractivity contribution >= 4 is 17.9 Å². The number of rotatable bonds is 4. The minimum absolute atomic E-state index is 0.0148.